The molecule has 1 saturated heterocycles. The Bertz CT molecular complexity index is 447. The molecule has 0 radical (unpaired) electrons. The van der Waals surface area contributed by atoms with Crippen molar-refractivity contribution < 1.29 is 9.18 Å². The Morgan fingerprint density at radius 1 is 1.38 bits per heavy atom. The predicted molar refractivity (Wildman–Crippen MR) is 82.6 cm³/mol. The minimum absolute atomic E-state index is 0.00798. The Balaban J connectivity index is 1.59. The van der Waals surface area contributed by atoms with Gasteiger partial charge in [0.05, 0.1) is 6.42 Å². The number of likely N-dealkylation sites (tertiary alicyclic amines) is 1. The van der Waals surface area contributed by atoms with Crippen LogP contribution in [0, 0.1) is 11.7 Å². The SMILES string of the molecule is CC1CCCN(CCCNC(=O)Cc2ccc(F)cc2)C1. The van der Waals surface area contributed by atoms with Crippen molar-refractivity contribution in [2.45, 2.75) is 32.6 Å². The molecule has 1 heterocycles. The third-order valence-corrected chi connectivity index (χ3v) is 3.99. The number of nitrogens with zero attached hydrogens (tertiary/aromatic N) is 1. The number of carbonyl (C=O) groups is 1. The van der Waals surface area contributed by atoms with E-state index in [4.69, 9.17) is 0 Å². The normalized spacial score (nSPS) is 19.4. The van der Waals surface area contributed by atoms with Gasteiger partial charge in [0.25, 0.3) is 0 Å². The topological polar surface area (TPSA) is 32.3 Å². The average Bonchev–Trinajstić information content (AvgIpc) is 2.46. The Hall–Kier alpha value is -1.42. The molecule has 0 aliphatic carbocycles. The first-order valence-electron chi connectivity index (χ1n) is 7.87. The number of amides is 1. The molecule has 116 valence electrons. The van der Waals surface area contributed by atoms with E-state index in [0.29, 0.717) is 13.0 Å². The van der Waals surface area contributed by atoms with Crippen molar-refractivity contribution in [2.75, 3.05) is 26.2 Å². The van der Waals surface area contributed by atoms with Crippen molar-refractivity contribution in [3.05, 3.63) is 35.6 Å². The number of nitrogens with one attached hydrogen (secondary N) is 1. The number of hydrogen-bond donors (Lipinski definition) is 1. The second kappa shape index (κ2) is 8.13. The van der Waals surface area contributed by atoms with Crippen molar-refractivity contribution in [1.82, 2.24) is 10.2 Å². The summed E-state index contributed by atoms with van der Waals surface area (Å²) in [7, 11) is 0. The Morgan fingerprint density at radius 3 is 2.86 bits per heavy atom. The van der Waals surface area contributed by atoms with Gasteiger partial charge in [0.15, 0.2) is 0 Å². The van der Waals surface area contributed by atoms with E-state index in [1.165, 1.54) is 38.1 Å². The van der Waals surface area contributed by atoms with Gasteiger partial charge in [0.1, 0.15) is 5.82 Å². The summed E-state index contributed by atoms with van der Waals surface area (Å²) in [5, 5.41) is 2.94. The molecule has 0 bridgehead atoms. The molecule has 0 spiro atoms. The molecule has 1 fully saturated rings. The molecule has 1 aliphatic rings. The Kier molecular flexibility index (Phi) is 6.18. The monoisotopic (exact) mass is 292 g/mol. The highest BCUT2D eigenvalue weighted by molar-refractivity contribution is 5.78. The fraction of sp³-hybridized carbons (Fsp3) is 0.588. The molecular formula is C17H25FN2O. The van der Waals surface area contributed by atoms with Gasteiger partial charge in [-0.3, -0.25) is 4.79 Å². The zero-order valence-electron chi connectivity index (χ0n) is 12.8. The summed E-state index contributed by atoms with van der Waals surface area (Å²) < 4.78 is 12.8. The maximum absolute atomic E-state index is 12.8. The minimum Gasteiger partial charge on any atom is -0.356 e. The summed E-state index contributed by atoms with van der Waals surface area (Å²) in [6, 6.07) is 6.09. The van der Waals surface area contributed by atoms with Crippen molar-refractivity contribution in [2.24, 2.45) is 5.92 Å². The number of rotatable bonds is 6. The largest absolute Gasteiger partial charge is 0.356 e. The molecule has 1 aromatic carbocycles. The van der Waals surface area contributed by atoms with Gasteiger partial charge in [-0.1, -0.05) is 19.1 Å². The summed E-state index contributed by atoms with van der Waals surface area (Å²) in [4.78, 5) is 14.3. The van der Waals surface area contributed by atoms with E-state index in [1.54, 1.807) is 12.1 Å². The summed E-state index contributed by atoms with van der Waals surface area (Å²) in [5.41, 5.74) is 0.846. The van der Waals surface area contributed by atoms with E-state index in [0.717, 1.165) is 24.4 Å². The summed E-state index contributed by atoms with van der Waals surface area (Å²) in [6.07, 6.45) is 3.94. The number of hydrogen-bond acceptors (Lipinski definition) is 2. The molecule has 1 unspecified atom stereocenters. The molecular weight excluding hydrogens is 267 g/mol. The fourth-order valence-electron chi connectivity index (χ4n) is 2.87. The first kappa shape index (κ1) is 16.0. The lowest BCUT2D eigenvalue weighted by Gasteiger charge is -2.30. The van der Waals surface area contributed by atoms with E-state index in [-0.39, 0.29) is 11.7 Å². The first-order chi connectivity index (χ1) is 10.1. The standard InChI is InChI=1S/C17H25FN2O/c1-14-4-2-10-20(13-14)11-3-9-19-17(21)12-15-5-7-16(18)8-6-15/h5-8,14H,2-4,9-13H2,1H3,(H,19,21). The highest BCUT2D eigenvalue weighted by Crippen LogP contribution is 2.15. The maximum atomic E-state index is 12.8. The maximum Gasteiger partial charge on any atom is 0.224 e. The van der Waals surface area contributed by atoms with E-state index in [1.807, 2.05) is 0 Å². The van der Waals surface area contributed by atoms with Crippen molar-refractivity contribution in [3.8, 4) is 0 Å². The lowest BCUT2D eigenvalue weighted by atomic mass is 10.0. The lowest BCUT2D eigenvalue weighted by Crippen LogP contribution is -2.36. The Morgan fingerprint density at radius 2 is 2.14 bits per heavy atom. The first-order valence-corrected chi connectivity index (χ1v) is 7.87. The molecule has 0 saturated carbocycles. The van der Waals surface area contributed by atoms with Crippen LogP contribution in [-0.4, -0.2) is 37.0 Å². The van der Waals surface area contributed by atoms with Crippen LogP contribution in [-0.2, 0) is 11.2 Å². The molecule has 21 heavy (non-hydrogen) atoms. The fourth-order valence-corrected chi connectivity index (χ4v) is 2.87. The van der Waals surface area contributed by atoms with Crippen LogP contribution in [0.25, 0.3) is 0 Å². The molecule has 1 aliphatic heterocycles. The van der Waals surface area contributed by atoms with Gasteiger partial charge in [-0.15, -0.1) is 0 Å². The van der Waals surface area contributed by atoms with Crippen molar-refractivity contribution in [1.29, 1.82) is 0 Å². The van der Waals surface area contributed by atoms with Gasteiger partial charge >= 0.3 is 0 Å². The van der Waals surface area contributed by atoms with Gasteiger partial charge in [-0.25, -0.2) is 4.39 Å². The van der Waals surface area contributed by atoms with Gasteiger partial charge in [-0.05, 0) is 56.0 Å². The van der Waals surface area contributed by atoms with Crippen LogP contribution in [0.15, 0.2) is 24.3 Å². The molecule has 0 aromatic heterocycles. The quantitative estimate of drug-likeness (QED) is 0.817. The average molecular weight is 292 g/mol. The van der Waals surface area contributed by atoms with E-state index in [2.05, 4.69) is 17.1 Å². The number of carbonyl (C=O) groups excluding carboxylic acids is 1. The van der Waals surface area contributed by atoms with Crippen LogP contribution < -0.4 is 5.32 Å². The van der Waals surface area contributed by atoms with E-state index >= 15 is 0 Å². The third kappa shape index (κ3) is 5.84. The second-order valence-corrected chi connectivity index (χ2v) is 6.05. The van der Waals surface area contributed by atoms with Crippen LogP contribution >= 0.6 is 0 Å². The molecule has 1 amide bonds. The Labute approximate surface area is 126 Å². The molecule has 3 nitrogen and oxygen atoms in total. The van der Waals surface area contributed by atoms with Crippen molar-refractivity contribution >= 4 is 5.91 Å². The van der Waals surface area contributed by atoms with E-state index in [9.17, 15) is 9.18 Å². The lowest BCUT2D eigenvalue weighted by molar-refractivity contribution is -0.120. The van der Waals surface area contributed by atoms with Gasteiger partial charge in [0.2, 0.25) is 5.91 Å². The van der Waals surface area contributed by atoms with Crippen LogP contribution in [0.2, 0.25) is 0 Å². The highest BCUT2D eigenvalue weighted by Gasteiger charge is 2.15. The van der Waals surface area contributed by atoms with Crippen molar-refractivity contribution in [3.63, 3.8) is 0 Å². The molecule has 1 aromatic rings. The highest BCUT2D eigenvalue weighted by atomic mass is 19.1. The predicted octanol–water partition coefficient (Wildman–Crippen LogP) is 2.61. The number of halogens is 1. The minimum atomic E-state index is -0.269. The van der Waals surface area contributed by atoms with Gasteiger partial charge in [0, 0.05) is 13.1 Å². The number of benzene rings is 1. The smallest absolute Gasteiger partial charge is 0.224 e. The molecule has 1 atom stereocenters. The number of piperidine rings is 1. The zero-order chi connectivity index (χ0) is 15.1. The second-order valence-electron chi connectivity index (χ2n) is 6.05. The van der Waals surface area contributed by atoms with Gasteiger partial charge < -0.3 is 10.2 Å². The molecule has 2 rings (SSSR count). The van der Waals surface area contributed by atoms with Crippen LogP contribution in [0.3, 0.4) is 0 Å². The van der Waals surface area contributed by atoms with Crippen LogP contribution in [0.5, 0.6) is 0 Å². The van der Waals surface area contributed by atoms with Gasteiger partial charge in [-0.2, -0.15) is 0 Å². The zero-order valence-corrected chi connectivity index (χ0v) is 12.8. The third-order valence-electron chi connectivity index (χ3n) is 3.99. The summed E-state index contributed by atoms with van der Waals surface area (Å²) >= 11 is 0. The van der Waals surface area contributed by atoms with Crippen LogP contribution in [0.4, 0.5) is 4.39 Å². The summed E-state index contributed by atoms with van der Waals surface area (Å²) in [6.45, 7) is 6.44. The summed E-state index contributed by atoms with van der Waals surface area (Å²) in [5.74, 6) is 0.537. The van der Waals surface area contributed by atoms with Crippen LogP contribution in [0.1, 0.15) is 31.7 Å². The molecule has 4 heteroatoms. The van der Waals surface area contributed by atoms with E-state index < -0.39 is 0 Å². The molecule has 1 N–H and O–H groups in total.